The van der Waals surface area contributed by atoms with Crippen molar-refractivity contribution in [2.75, 3.05) is 27.3 Å². The van der Waals surface area contributed by atoms with E-state index in [0.29, 0.717) is 18.9 Å². The van der Waals surface area contributed by atoms with Crippen molar-refractivity contribution in [1.29, 1.82) is 0 Å². The van der Waals surface area contributed by atoms with Crippen LogP contribution < -0.4 is 21.4 Å². The summed E-state index contributed by atoms with van der Waals surface area (Å²) >= 11 is 0. The highest BCUT2D eigenvalue weighted by atomic mass is 16.5. The van der Waals surface area contributed by atoms with Crippen molar-refractivity contribution in [3.8, 4) is 0 Å². The van der Waals surface area contributed by atoms with Crippen LogP contribution in [0.5, 0.6) is 0 Å². The first-order chi connectivity index (χ1) is 20.4. The number of methoxy groups -OCH3 is 2. The van der Waals surface area contributed by atoms with Gasteiger partial charge in [-0.05, 0) is 42.6 Å². The number of nitrogens with one attached hydrogen (secondary N) is 4. The number of hydrogen-bond acceptors (Lipinski definition) is 8. The molecule has 43 heavy (non-hydrogen) atoms. The Balaban J connectivity index is 2.30. The molecule has 12 nitrogen and oxygen atoms in total. The predicted molar refractivity (Wildman–Crippen MR) is 163 cm³/mol. The second-order valence-electron chi connectivity index (χ2n) is 12.0. The first-order valence-electron chi connectivity index (χ1n) is 15.2. The number of nitrogens with zero attached hydrogens (tertiary/aromatic N) is 1. The average molecular weight is 606 g/mol. The van der Waals surface area contributed by atoms with Crippen LogP contribution in [0.15, 0.2) is 30.3 Å². The number of aliphatic hydroxyl groups is 1. The molecule has 1 saturated carbocycles. The standard InChI is InChI=1S/C31H51N5O7/c1-20(2)26(33-30(40)42-5)28(38)32-24(17-22-13-9-7-10-14-22)25(37)19-36(18-23-15-11-8-12-16-23)35-29(39)27(21(3)4)34-31(41)43-6/h7,9-10,13-14,20-21,23-27,37H,8,11-12,15-19H2,1-6H3,(H,32,38)(H,33,40)(H,34,41)(H,35,39)/t24-,25+,26-,27-/m0/s1. The molecule has 0 bridgehead atoms. The molecule has 4 amide bonds. The quantitative estimate of drug-likeness (QED) is 0.191. The maximum absolute atomic E-state index is 13.4. The van der Waals surface area contributed by atoms with E-state index in [9.17, 15) is 24.3 Å². The van der Waals surface area contributed by atoms with Gasteiger partial charge in [-0.25, -0.2) is 14.6 Å². The highest BCUT2D eigenvalue weighted by molar-refractivity contribution is 5.86. The lowest BCUT2D eigenvalue weighted by atomic mass is 9.89. The van der Waals surface area contributed by atoms with Crippen molar-refractivity contribution in [1.82, 2.24) is 26.4 Å². The highest BCUT2D eigenvalue weighted by Crippen LogP contribution is 2.24. The molecular weight excluding hydrogens is 554 g/mol. The van der Waals surface area contributed by atoms with Gasteiger partial charge < -0.3 is 30.5 Å². The number of carbonyl (C=O) groups is 4. The van der Waals surface area contributed by atoms with Crippen LogP contribution in [-0.4, -0.2) is 85.7 Å². The fourth-order valence-corrected chi connectivity index (χ4v) is 5.29. The summed E-state index contributed by atoms with van der Waals surface area (Å²) in [6.45, 7) is 7.78. The smallest absolute Gasteiger partial charge is 0.407 e. The van der Waals surface area contributed by atoms with E-state index >= 15 is 0 Å². The average Bonchev–Trinajstić information content (AvgIpc) is 2.98. The van der Waals surface area contributed by atoms with Crippen LogP contribution in [0.2, 0.25) is 0 Å². The number of amides is 4. The summed E-state index contributed by atoms with van der Waals surface area (Å²) < 4.78 is 9.40. The monoisotopic (exact) mass is 605 g/mol. The van der Waals surface area contributed by atoms with E-state index in [2.05, 4.69) is 21.4 Å². The number of hydrazine groups is 1. The molecule has 1 aromatic rings. The molecule has 4 atom stereocenters. The molecule has 5 N–H and O–H groups in total. The van der Waals surface area contributed by atoms with Gasteiger partial charge in [0.2, 0.25) is 5.91 Å². The van der Waals surface area contributed by atoms with E-state index in [-0.39, 0.29) is 18.4 Å². The molecule has 0 unspecified atom stereocenters. The number of hydrogen-bond donors (Lipinski definition) is 5. The third kappa shape index (κ3) is 12.4. The van der Waals surface area contributed by atoms with Crippen molar-refractivity contribution >= 4 is 24.0 Å². The van der Waals surface area contributed by atoms with E-state index in [0.717, 1.165) is 31.2 Å². The topological polar surface area (TPSA) is 158 Å². The van der Waals surface area contributed by atoms with E-state index < -0.39 is 48.2 Å². The van der Waals surface area contributed by atoms with Gasteiger partial charge in [0.25, 0.3) is 5.91 Å². The summed E-state index contributed by atoms with van der Waals surface area (Å²) in [5, 5.41) is 21.4. The van der Waals surface area contributed by atoms with Gasteiger partial charge in [0, 0.05) is 13.1 Å². The summed E-state index contributed by atoms with van der Waals surface area (Å²) in [5.41, 5.74) is 3.83. The molecule has 0 spiro atoms. The molecule has 1 aliphatic carbocycles. The normalized spacial score (nSPS) is 16.6. The second-order valence-corrected chi connectivity index (χ2v) is 12.0. The lowest BCUT2D eigenvalue weighted by Gasteiger charge is -2.35. The molecule has 242 valence electrons. The lowest BCUT2D eigenvalue weighted by molar-refractivity contribution is -0.131. The Hall–Kier alpha value is -3.38. The Morgan fingerprint density at radius 1 is 0.837 bits per heavy atom. The number of ether oxygens (including phenoxy) is 2. The highest BCUT2D eigenvalue weighted by Gasteiger charge is 2.32. The second kappa shape index (κ2) is 18.3. The van der Waals surface area contributed by atoms with Crippen LogP contribution in [0.1, 0.15) is 65.4 Å². The molecule has 12 heteroatoms. The van der Waals surface area contributed by atoms with Gasteiger partial charge in [-0.2, -0.15) is 0 Å². The number of carbonyl (C=O) groups excluding carboxylic acids is 4. The zero-order chi connectivity index (χ0) is 31.9. The third-order valence-electron chi connectivity index (χ3n) is 7.79. The summed E-state index contributed by atoms with van der Waals surface area (Å²) in [6, 6.07) is 6.99. The first-order valence-corrected chi connectivity index (χ1v) is 15.2. The minimum Gasteiger partial charge on any atom is -0.453 e. The Morgan fingerprint density at radius 2 is 1.37 bits per heavy atom. The molecular formula is C31H51N5O7. The summed E-state index contributed by atoms with van der Waals surface area (Å²) in [7, 11) is 2.47. The third-order valence-corrected chi connectivity index (χ3v) is 7.79. The van der Waals surface area contributed by atoms with Crippen molar-refractivity contribution in [3.05, 3.63) is 35.9 Å². The largest absolute Gasteiger partial charge is 0.453 e. The van der Waals surface area contributed by atoms with E-state index in [1.54, 1.807) is 18.9 Å². The molecule has 0 radical (unpaired) electrons. The zero-order valence-corrected chi connectivity index (χ0v) is 26.4. The van der Waals surface area contributed by atoms with Crippen LogP contribution in [0, 0.1) is 17.8 Å². The molecule has 1 fully saturated rings. The maximum atomic E-state index is 13.4. The van der Waals surface area contributed by atoms with Crippen LogP contribution >= 0.6 is 0 Å². The molecule has 1 aliphatic rings. The maximum Gasteiger partial charge on any atom is 0.407 e. The molecule has 0 heterocycles. The van der Waals surface area contributed by atoms with Crippen molar-refractivity contribution in [2.45, 2.75) is 90.4 Å². The van der Waals surface area contributed by atoms with Crippen LogP contribution in [0.25, 0.3) is 0 Å². The fraction of sp³-hybridized carbons (Fsp3) is 0.677. The van der Waals surface area contributed by atoms with E-state index in [1.165, 1.54) is 20.6 Å². The fourth-order valence-electron chi connectivity index (χ4n) is 5.29. The number of benzene rings is 1. The van der Waals surface area contributed by atoms with Crippen LogP contribution in [0.3, 0.4) is 0 Å². The van der Waals surface area contributed by atoms with Crippen molar-refractivity contribution < 1.29 is 33.8 Å². The molecule has 0 aromatic heterocycles. The van der Waals surface area contributed by atoms with Gasteiger partial charge >= 0.3 is 12.2 Å². The number of aliphatic hydroxyl groups excluding tert-OH is 1. The Labute approximate surface area is 255 Å². The van der Waals surface area contributed by atoms with Crippen molar-refractivity contribution in [2.24, 2.45) is 17.8 Å². The van der Waals surface area contributed by atoms with E-state index in [1.807, 2.05) is 44.2 Å². The van der Waals surface area contributed by atoms with Gasteiger partial charge in [0.05, 0.1) is 26.4 Å². The van der Waals surface area contributed by atoms with Gasteiger partial charge in [-0.1, -0.05) is 77.3 Å². The molecule has 0 aliphatic heterocycles. The van der Waals surface area contributed by atoms with Gasteiger partial charge in [-0.3, -0.25) is 15.0 Å². The molecule has 1 aromatic carbocycles. The van der Waals surface area contributed by atoms with Crippen molar-refractivity contribution in [3.63, 3.8) is 0 Å². The van der Waals surface area contributed by atoms with Gasteiger partial charge in [0.1, 0.15) is 12.1 Å². The molecule has 2 rings (SSSR count). The zero-order valence-electron chi connectivity index (χ0n) is 26.4. The Morgan fingerprint density at radius 3 is 1.88 bits per heavy atom. The van der Waals surface area contributed by atoms with Crippen LogP contribution in [0.4, 0.5) is 9.59 Å². The summed E-state index contributed by atoms with van der Waals surface area (Å²) in [6.07, 6.45) is 3.19. The number of alkyl carbamates (subject to hydrolysis) is 2. The summed E-state index contributed by atoms with van der Waals surface area (Å²) in [4.78, 5) is 50.6. The van der Waals surface area contributed by atoms with Crippen LogP contribution in [-0.2, 0) is 25.5 Å². The Bertz CT molecular complexity index is 1020. The first kappa shape index (κ1) is 35.8. The summed E-state index contributed by atoms with van der Waals surface area (Å²) in [5.74, 6) is -1.02. The SMILES string of the molecule is COC(=O)N[C@H](C(=O)N[C@@H](Cc1ccccc1)[C@H](O)CN(CC1CCCCC1)NC(=O)[C@@H](NC(=O)OC)C(C)C)C(C)C. The van der Waals surface area contributed by atoms with Gasteiger partial charge in [0.15, 0.2) is 0 Å². The van der Waals surface area contributed by atoms with Gasteiger partial charge in [-0.15, -0.1) is 0 Å². The number of rotatable bonds is 15. The minimum atomic E-state index is -1.09. The molecule has 0 saturated heterocycles. The lowest BCUT2D eigenvalue weighted by Crippen LogP contribution is -2.60. The predicted octanol–water partition coefficient (Wildman–Crippen LogP) is 2.75. The van der Waals surface area contributed by atoms with E-state index in [4.69, 9.17) is 9.47 Å². The Kier molecular flexibility index (Phi) is 15.3. The minimum absolute atomic E-state index is 0.0276.